The van der Waals surface area contributed by atoms with E-state index in [9.17, 15) is 14.2 Å². The molecule has 9 heteroatoms. The van der Waals surface area contributed by atoms with Crippen molar-refractivity contribution in [3.05, 3.63) is 12.2 Å². The Labute approximate surface area is 288 Å². The maximum absolute atomic E-state index is 12.3. The highest BCUT2D eigenvalue weighted by Gasteiger charge is 2.22. The van der Waals surface area contributed by atoms with E-state index in [1.165, 1.54) is 116 Å². The lowest BCUT2D eigenvalue weighted by atomic mass is 10.0. The molecule has 0 saturated carbocycles. The molecule has 0 heterocycles. The van der Waals surface area contributed by atoms with E-state index in [1.807, 2.05) is 0 Å². The first-order valence-corrected chi connectivity index (χ1v) is 21.0. The van der Waals surface area contributed by atoms with Gasteiger partial charge < -0.3 is 19.3 Å². The minimum atomic E-state index is -4.75. The standard InChI is InChI=1S/C38H73O8P/c1-3-5-7-9-11-13-15-17-18-19-21-22-24-26-28-30-32-37(39)44-34-36(35-45-47(41,42)43)46-38(40)33-31-29-27-25-23-20-16-14-12-10-8-6-4-2/h14,16,36H,3-13,15,17-35H2,1-2H3,(H2,41,42,43)/b16-14-. The number of unbranched alkanes of at least 4 members (excludes halogenated alkanes) is 24. The maximum Gasteiger partial charge on any atom is 0.469 e. The quantitative estimate of drug-likeness (QED) is 0.0289. The second-order valence-electron chi connectivity index (χ2n) is 13.3. The number of phosphoric acid groups is 1. The number of hydrogen-bond acceptors (Lipinski definition) is 6. The number of carbonyl (C=O) groups excluding carboxylic acids is 2. The van der Waals surface area contributed by atoms with E-state index in [1.54, 1.807) is 0 Å². The van der Waals surface area contributed by atoms with Crippen molar-refractivity contribution in [3.63, 3.8) is 0 Å². The predicted octanol–water partition coefficient (Wildman–Crippen LogP) is 11.5. The van der Waals surface area contributed by atoms with Crippen molar-refractivity contribution >= 4 is 19.8 Å². The predicted molar refractivity (Wildman–Crippen MR) is 193 cm³/mol. The third-order valence-corrected chi connectivity index (χ3v) is 9.02. The Balaban J connectivity index is 3.92. The van der Waals surface area contributed by atoms with Gasteiger partial charge in [-0.15, -0.1) is 0 Å². The zero-order valence-corrected chi connectivity index (χ0v) is 31.3. The molecule has 0 fully saturated rings. The van der Waals surface area contributed by atoms with Crippen LogP contribution in [0, 0.1) is 0 Å². The van der Waals surface area contributed by atoms with Crippen molar-refractivity contribution < 1.29 is 37.9 Å². The zero-order valence-electron chi connectivity index (χ0n) is 30.4. The summed E-state index contributed by atoms with van der Waals surface area (Å²) >= 11 is 0. The molecular formula is C38H73O8P. The molecule has 1 atom stereocenters. The Hall–Kier alpha value is -1.21. The number of phosphoric ester groups is 1. The third-order valence-electron chi connectivity index (χ3n) is 8.53. The molecule has 278 valence electrons. The smallest absolute Gasteiger partial charge is 0.462 e. The second kappa shape index (κ2) is 34.6. The summed E-state index contributed by atoms with van der Waals surface area (Å²) in [6.45, 7) is 3.67. The van der Waals surface area contributed by atoms with E-state index in [2.05, 4.69) is 30.5 Å². The molecule has 0 aromatic carbocycles. The summed E-state index contributed by atoms with van der Waals surface area (Å²) < 4.78 is 26.3. The maximum atomic E-state index is 12.3. The number of carbonyl (C=O) groups is 2. The fourth-order valence-corrected chi connectivity index (χ4v) is 5.96. The number of ether oxygens (including phenoxy) is 2. The van der Waals surface area contributed by atoms with Gasteiger partial charge in [-0.3, -0.25) is 14.1 Å². The van der Waals surface area contributed by atoms with Gasteiger partial charge in [0, 0.05) is 12.8 Å². The molecule has 1 unspecified atom stereocenters. The highest BCUT2D eigenvalue weighted by Crippen LogP contribution is 2.36. The number of allylic oxidation sites excluding steroid dienone is 2. The van der Waals surface area contributed by atoms with Crippen molar-refractivity contribution in [2.75, 3.05) is 13.2 Å². The van der Waals surface area contributed by atoms with Crippen LogP contribution in [0.2, 0.25) is 0 Å². The summed E-state index contributed by atoms with van der Waals surface area (Å²) in [4.78, 5) is 42.7. The van der Waals surface area contributed by atoms with Crippen LogP contribution in [0.5, 0.6) is 0 Å². The lowest BCUT2D eigenvalue weighted by molar-refractivity contribution is -0.161. The van der Waals surface area contributed by atoms with Crippen molar-refractivity contribution in [2.24, 2.45) is 0 Å². The molecule has 0 amide bonds. The lowest BCUT2D eigenvalue weighted by Crippen LogP contribution is -2.29. The summed E-state index contributed by atoms with van der Waals surface area (Å²) in [7, 11) is -4.75. The van der Waals surface area contributed by atoms with Crippen LogP contribution >= 0.6 is 7.82 Å². The second-order valence-corrected chi connectivity index (χ2v) is 14.5. The van der Waals surface area contributed by atoms with Crippen LogP contribution < -0.4 is 0 Å². The van der Waals surface area contributed by atoms with E-state index in [0.29, 0.717) is 6.42 Å². The number of esters is 2. The van der Waals surface area contributed by atoms with Gasteiger partial charge >= 0.3 is 19.8 Å². The van der Waals surface area contributed by atoms with Gasteiger partial charge in [-0.05, 0) is 38.5 Å². The topological polar surface area (TPSA) is 119 Å². The van der Waals surface area contributed by atoms with Crippen LogP contribution in [0.1, 0.15) is 200 Å². The van der Waals surface area contributed by atoms with Gasteiger partial charge in [-0.2, -0.15) is 0 Å². The minimum Gasteiger partial charge on any atom is -0.462 e. The van der Waals surface area contributed by atoms with Gasteiger partial charge in [-0.1, -0.05) is 161 Å². The Bertz CT molecular complexity index is 782. The van der Waals surface area contributed by atoms with Gasteiger partial charge in [-0.25, -0.2) is 4.57 Å². The first-order chi connectivity index (χ1) is 22.8. The molecule has 0 bridgehead atoms. The average molecular weight is 689 g/mol. The van der Waals surface area contributed by atoms with Crippen molar-refractivity contribution in [1.82, 2.24) is 0 Å². The van der Waals surface area contributed by atoms with Crippen LogP contribution in [0.25, 0.3) is 0 Å². The summed E-state index contributed by atoms with van der Waals surface area (Å²) in [5.74, 6) is -0.886. The lowest BCUT2D eigenvalue weighted by Gasteiger charge is -2.18. The van der Waals surface area contributed by atoms with Gasteiger partial charge in [0.05, 0.1) is 6.61 Å². The van der Waals surface area contributed by atoms with Crippen LogP contribution in [0.4, 0.5) is 0 Å². The van der Waals surface area contributed by atoms with E-state index < -0.39 is 32.5 Å². The van der Waals surface area contributed by atoms with E-state index in [0.717, 1.165) is 51.4 Å². The van der Waals surface area contributed by atoms with Gasteiger partial charge in [0.1, 0.15) is 6.61 Å². The van der Waals surface area contributed by atoms with Crippen molar-refractivity contribution in [3.8, 4) is 0 Å². The van der Waals surface area contributed by atoms with Gasteiger partial charge in [0.2, 0.25) is 0 Å². The van der Waals surface area contributed by atoms with E-state index in [-0.39, 0.29) is 19.4 Å². The SMILES string of the molecule is CCCCCC/C=C\CCCCCCCC(=O)OC(COC(=O)CCCCCCCCCCCCCCCCCC)COP(=O)(O)O. The Kier molecular flexibility index (Phi) is 33.8. The molecule has 47 heavy (non-hydrogen) atoms. The highest BCUT2D eigenvalue weighted by atomic mass is 31.2. The Morgan fingerprint density at radius 3 is 1.32 bits per heavy atom. The Morgan fingerprint density at radius 2 is 0.894 bits per heavy atom. The molecule has 0 saturated heterocycles. The third kappa shape index (κ3) is 37.5. The molecule has 0 aliphatic rings. The van der Waals surface area contributed by atoms with Crippen LogP contribution in [0.3, 0.4) is 0 Å². The molecular weight excluding hydrogens is 615 g/mol. The molecule has 0 aromatic rings. The van der Waals surface area contributed by atoms with Crippen LogP contribution in [-0.4, -0.2) is 41.0 Å². The Morgan fingerprint density at radius 1 is 0.532 bits per heavy atom. The van der Waals surface area contributed by atoms with Crippen molar-refractivity contribution in [2.45, 2.75) is 206 Å². The molecule has 0 spiro atoms. The fourth-order valence-electron chi connectivity index (χ4n) is 5.60. The fraction of sp³-hybridized carbons (Fsp3) is 0.895. The number of rotatable bonds is 36. The van der Waals surface area contributed by atoms with Crippen LogP contribution in [0.15, 0.2) is 12.2 Å². The largest absolute Gasteiger partial charge is 0.469 e. The summed E-state index contributed by atoms with van der Waals surface area (Å²) in [5.41, 5.74) is 0. The average Bonchev–Trinajstić information content (AvgIpc) is 3.03. The van der Waals surface area contributed by atoms with Gasteiger partial charge in [0.25, 0.3) is 0 Å². The summed E-state index contributed by atoms with van der Waals surface area (Å²) in [5, 5.41) is 0. The number of hydrogen-bond donors (Lipinski definition) is 2. The van der Waals surface area contributed by atoms with E-state index >= 15 is 0 Å². The molecule has 0 aliphatic carbocycles. The van der Waals surface area contributed by atoms with Crippen molar-refractivity contribution in [1.29, 1.82) is 0 Å². The molecule has 8 nitrogen and oxygen atoms in total. The summed E-state index contributed by atoms with van der Waals surface area (Å²) in [6.07, 6.45) is 36.4. The summed E-state index contributed by atoms with van der Waals surface area (Å²) in [6, 6.07) is 0. The molecule has 2 N–H and O–H groups in total. The molecule has 0 rings (SSSR count). The first-order valence-electron chi connectivity index (χ1n) is 19.5. The van der Waals surface area contributed by atoms with Gasteiger partial charge in [0.15, 0.2) is 6.10 Å². The van der Waals surface area contributed by atoms with Crippen LogP contribution in [-0.2, 0) is 28.2 Å². The molecule has 0 radical (unpaired) electrons. The van der Waals surface area contributed by atoms with E-state index in [4.69, 9.17) is 19.3 Å². The normalized spacial score (nSPS) is 12.5. The monoisotopic (exact) mass is 689 g/mol. The molecule has 0 aliphatic heterocycles. The first kappa shape index (κ1) is 45.8. The highest BCUT2D eigenvalue weighted by molar-refractivity contribution is 7.46. The minimum absolute atomic E-state index is 0.206. The molecule has 0 aromatic heterocycles. The zero-order chi connectivity index (χ0) is 34.7.